The van der Waals surface area contributed by atoms with Gasteiger partial charge in [0.25, 0.3) is 0 Å². The summed E-state index contributed by atoms with van der Waals surface area (Å²) in [7, 11) is 1.60. The van der Waals surface area contributed by atoms with Crippen molar-refractivity contribution in [3.8, 4) is 5.75 Å². The number of ether oxygens (including phenoxy) is 6. The number of hydrogen-bond donors (Lipinski definition) is 2. The molecular weight excluding hydrogens is 556 g/mol. The molecule has 1 aromatic carbocycles. The first-order valence-corrected chi connectivity index (χ1v) is 15.2. The molecule has 0 radical (unpaired) electrons. The number of methoxy groups -OCH3 is 1. The fourth-order valence-electron chi connectivity index (χ4n) is 9.71. The van der Waals surface area contributed by atoms with E-state index in [2.05, 4.69) is 6.92 Å². The van der Waals surface area contributed by atoms with E-state index in [9.17, 15) is 19.8 Å². The standard InChI is InChI=1S/C33H44O10/c1-16-22(36)14-32(30(5,6)37)17(2)27-31(7)23(13-24-33(27,15-39-24)43-19(4)35)41-29(20-9-11-21(38-8)12-10-20)42-28(31)26(25(16)32)40-18(3)34/h9-12,17,22-24,26-29,36-37H,13-15H2,1-8H3/t17-,22-,23-,24+,26-,27-,28-,29?,31+,32+,33-/m0/s1. The maximum absolute atomic E-state index is 12.9. The molecule has 2 heterocycles. The molecule has 10 nitrogen and oxygen atoms in total. The van der Waals surface area contributed by atoms with Gasteiger partial charge >= 0.3 is 11.9 Å². The van der Waals surface area contributed by atoms with E-state index in [0.29, 0.717) is 23.3 Å². The van der Waals surface area contributed by atoms with Crippen LogP contribution in [-0.4, -0.2) is 77.6 Å². The van der Waals surface area contributed by atoms with Crippen LogP contribution in [-0.2, 0) is 33.3 Å². The number of aliphatic hydroxyl groups excluding tert-OH is 1. The molecule has 1 aromatic rings. The predicted molar refractivity (Wildman–Crippen MR) is 153 cm³/mol. The molecule has 0 spiro atoms. The zero-order valence-corrected chi connectivity index (χ0v) is 26.2. The van der Waals surface area contributed by atoms with Gasteiger partial charge in [0.1, 0.15) is 18.0 Å². The second-order valence-electron chi connectivity index (χ2n) is 13.9. The van der Waals surface area contributed by atoms with E-state index >= 15 is 0 Å². The van der Waals surface area contributed by atoms with Gasteiger partial charge in [0.05, 0.1) is 31.5 Å². The average molecular weight is 601 g/mol. The van der Waals surface area contributed by atoms with Crippen LogP contribution in [0.4, 0.5) is 0 Å². The quantitative estimate of drug-likeness (QED) is 0.382. The molecule has 10 heteroatoms. The van der Waals surface area contributed by atoms with Crippen LogP contribution in [0.5, 0.6) is 5.75 Å². The van der Waals surface area contributed by atoms with E-state index in [-0.39, 0.29) is 18.9 Å². The van der Waals surface area contributed by atoms with Gasteiger partial charge in [-0.2, -0.15) is 0 Å². The fourth-order valence-corrected chi connectivity index (χ4v) is 9.71. The molecule has 2 N–H and O–H groups in total. The Labute approximate surface area is 252 Å². The van der Waals surface area contributed by atoms with Crippen LogP contribution in [0, 0.1) is 22.7 Å². The van der Waals surface area contributed by atoms with E-state index in [4.69, 9.17) is 28.4 Å². The molecule has 43 heavy (non-hydrogen) atoms. The van der Waals surface area contributed by atoms with Gasteiger partial charge < -0.3 is 38.6 Å². The van der Waals surface area contributed by atoms with Crippen molar-refractivity contribution < 1.29 is 48.2 Å². The lowest BCUT2D eigenvalue weighted by Crippen LogP contribution is -2.78. The SMILES string of the molecule is COc1ccc(C2O[C@H]3C[C@H]4OC[C@@]4(OC(C)=O)[C@H]4[C@H](C)[C@]5(C(C)(C)O)C[C@H](O)C(C)=C5[C@H](OC(C)=O)[C@H](O2)[C@]34C)cc1. The summed E-state index contributed by atoms with van der Waals surface area (Å²) in [6.07, 6.45) is -3.65. The number of aliphatic hydroxyl groups is 2. The Balaban J connectivity index is 1.62. The summed E-state index contributed by atoms with van der Waals surface area (Å²) in [5.74, 6) is -1.09. The molecule has 11 atom stereocenters. The molecule has 5 aliphatic rings. The largest absolute Gasteiger partial charge is 0.497 e. The van der Waals surface area contributed by atoms with Gasteiger partial charge in [-0.3, -0.25) is 9.59 Å². The van der Waals surface area contributed by atoms with Gasteiger partial charge in [-0.15, -0.1) is 0 Å². The first kappa shape index (κ1) is 30.5. The zero-order valence-electron chi connectivity index (χ0n) is 26.2. The first-order chi connectivity index (χ1) is 20.1. The third-order valence-electron chi connectivity index (χ3n) is 11.4. The highest BCUT2D eigenvalue weighted by molar-refractivity contribution is 5.68. The first-order valence-electron chi connectivity index (χ1n) is 15.2. The summed E-state index contributed by atoms with van der Waals surface area (Å²) in [6.45, 7) is 12.4. The summed E-state index contributed by atoms with van der Waals surface area (Å²) in [6, 6.07) is 7.41. The lowest BCUT2D eigenvalue weighted by molar-refractivity contribution is -0.398. The van der Waals surface area contributed by atoms with Crippen molar-refractivity contribution in [2.24, 2.45) is 22.7 Å². The van der Waals surface area contributed by atoms with E-state index in [1.807, 2.05) is 38.1 Å². The molecule has 236 valence electrons. The molecule has 6 rings (SSSR count). The van der Waals surface area contributed by atoms with Crippen LogP contribution >= 0.6 is 0 Å². The summed E-state index contributed by atoms with van der Waals surface area (Å²) < 4.78 is 37.7. The number of carbonyl (C=O) groups excluding carboxylic acids is 2. The van der Waals surface area contributed by atoms with Crippen LogP contribution in [0.25, 0.3) is 0 Å². The van der Waals surface area contributed by atoms with Gasteiger partial charge in [0.15, 0.2) is 18.0 Å². The molecule has 0 bridgehead atoms. The third-order valence-corrected chi connectivity index (χ3v) is 11.4. The van der Waals surface area contributed by atoms with Crippen LogP contribution in [0.15, 0.2) is 35.4 Å². The molecule has 0 aromatic heterocycles. The highest BCUT2D eigenvalue weighted by Gasteiger charge is 2.78. The Kier molecular flexibility index (Phi) is 7.10. The van der Waals surface area contributed by atoms with Crippen molar-refractivity contribution >= 4 is 11.9 Å². The van der Waals surface area contributed by atoms with Crippen molar-refractivity contribution in [2.75, 3.05) is 13.7 Å². The van der Waals surface area contributed by atoms with E-state index in [1.54, 1.807) is 21.0 Å². The molecule has 2 saturated carbocycles. The minimum Gasteiger partial charge on any atom is -0.497 e. The lowest BCUT2D eigenvalue weighted by Gasteiger charge is -2.68. The molecule has 2 saturated heterocycles. The highest BCUT2D eigenvalue weighted by atomic mass is 16.7. The molecule has 3 aliphatic carbocycles. The van der Waals surface area contributed by atoms with Gasteiger partial charge in [0, 0.05) is 42.6 Å². The number of hydrogen-bond acceptors (Lipinski definition) is 10. The van der Waals surface area contributed by atoms with E-state index < -0.39 is 76.7 Å². The summed E-state index contributed by atoms with van der Waals surface area (Å²) in [5, 5.41) is 23.5. The average Bonchev–Trinajstić information content (AvgIpc) is 3.16. The molecular formula is C33H44O10. The topological polar surface area (TPSA) is 130 Å². The number of esters is 2. The zero-order chi connectivity index (χ0) is 31.3. The maximum Gasteiger partial charge on any atom is 0.303 e. The monoisotopic (exact) mass is 600 g/mol. The van der Waals surface area contributed by atoms with E-state index in [0.717, 1.165) is 5.56 Å². The number of fused-ring (bicyclic) bond motifs is 3. The van der Waals surface area contributed by atoms with Crippen LogP contribution in [0.2, 0.25) is 0 Å². The Morgan fingerprint density at radius 3 is 2.28 bits per heavy atom. The molecule has 1 unspecified atom stereocenters. The highest BCUT2D eigenvalue weighted by Crippen LogP contribution is 2.71. The van der Waals surface area contributed by atoms with Crippen LogP contribution < -0.4 is 4.74 Å². The minimum absolute atomic E-state index is 0.184. The summed E-state index contributed by atoms with van der Waals surface area (Å²) in [5.41, 5.74) is -2.24. The smallest absolute Gasteiger partial charge is 0.303 e. The van der Waals surface area contributed by atoms with Crippen LogP contribution in [0.3, 0.4) is 0 Å². The Morgan fingerprint density at radius 2 is 1.74 bits per heavy atom. The normalized spacial score (nSPS) is 43.4. The number of benzene rings is 1. The number of carbonyl (C=O) groups is 2. The summed E-state index contributed by atoms with van der Waals surface area (Å²) in [4.78, 5) is 25.6. The summed E-state index contributed by atoms with van der Waals surface area (Å²) >= 11 is 0. The van der Waals surface area contributed by atoms with Crippen molar-refractivity contribution in [2.45, 2.75) is 109 Å². The van der Waals surface area contributed by atoms with Crippen molar-refractivity contribution in [3.05, 3.63) is 41.0 Å². The van der Waals surface area contributed by atoms with Gasteiger partial charge in [0.2, 0.25) is 0 Å². The Bertz CT molecular complexity index is 1330. The Morgan fingerprint density at radius 1 is 1.07 bits per heavy atom. The molecule has 4 fully saturated rings. The van der Waals surface area contributed by atoms with Gasteiger partial charge in [-0.1, -0.05) is 26.0 Å². The van der Waals surface area contributed by atoms with Crippen molar-refractivity contribution in [1.29, 1.82) is 0 Å². The second-order valence-corrected chi connectivity index (χ2v) is 13.9. The van der Waals surface area contributed by atoms with Gasteiger partial charge in [-0.05, 0) is 56.4 Å². The Hall–Kier alpha value is -2.50. The predicted octanol–water partition coefficient (Wildman–Crippen LogP) is 3.62. The molecule has 0 amide bonds. The number of rotatable bonds is 5. The lowest BCUT2D eigenvalue weighted by atomic mass is 9.47. The van der Waals surface area contributed by atoms with Crippen molar-refractivity contribution in [1.82, 2.24) is 0 Å². The maximum atomic E-state index is 12.9. The minimum atomic E-state index is -1.37. The van der Waals surface area contributed by atoms with Crippen LogP contribution in [0.1, 0.15) is 73.2 Å². The van der Waals surface area contributed by atoms with E-state index in [1.165, 1.54) is 13.8 Å². The van der Waals surface area contributed by atoms with Crippen molar-refractivity contribution in [3.63, 3.8) is 0 Å². The fraction of sp³-hybridized carbons (Fsp3) is 0.697. The second kappa shape index (κ2) is 10.0. The van der Waals surface area contributed by atoms with Gasteiger partial charge in [-0.25, -0.2) is 0 Å². The third kappa shape index (κ3) is 4.09. The molecule has 2 aliphatic heterocycles.